The molecule has 3 atom stereocenters. The molecule has 1 aliphatic carbocycles. The van der Waals surface area contributed by atoms with Crippen molar-refractivity contribution in [2.45, 2.75) is 71.5 Å². The van der Waals surface area contributed by atoms with Gasteiger partial charge in [0.05, 0.1) is 17.4 Å². The van der Waals surface area contributed by atoms with E-state index in [1.54, 1.807) is 44.4 Å². The number of nitrogens with one attached hydrogen (secondary N) is 1. The van der Waals surface area contributed by atoms with Gasteiger partial charge in [0, 0.05) is 42.7 Å². The Morgan fingerprint density at radius 3 is 2.57 bits per heavy atom. The van der Waals surface area contributed by atoms with Gasteiger partial charge in [-0.3, -0.25) is 24.0 Å². The number of likely N-dealkylation sites (tertiary alicyclic amines) is 1. The Labute approximate surface area is 259 Å². The van der Waals surface area contributed by atoms with Crippen molar-refractivity contribution in [1.82, 2.24) is 34.6 Å². The number of nitrogens with zero attached hydrogens (tertiary/aromatic N) is 7. The van der Waals surface area contributed by atoms with Crippen molar-refractivity contribution in [1.29, 1.82) is 0 Å². The number of ketones is 1. The number of pyridine rings is 2. The maximum Gasteiger partial charge on any atom is 0.248 e. The lowest BCUT2D eigenvalue weighted by Gasteiger charge is -2.27. The summed E-state index contributed by atoms with van der Waals surface area (Å²) in [7, 11) is 0. The number of carbonyl (C=O) groups excluding carboxylic acids is 3. The highest BCUT2D eigenvalue weighted by Crippen LogP contribution is 2.62. The molecular weight excluding hydrogens is 638 g/mol. The molecule has 6 rings (SSSR count). The number of fused-ring (bicyclic) bond motifs is 2. The van der Waals surface area contributed by atoms with Crippen LogP contribution in [0.2, 0.25) is 0 Å². The fraction of sp³-hybridized carbons (Fsp3) is 0.400. The second-order valence-electron chi connectivity index (χ2n) is 11.5. The van der Waals surface area contributed by atoms with Crippen LogP contribution < -0.4 is 5.32 Å². The van der Waals surface area contributed by atoms with Gasteiger partial charge in [0.1, 0.15) is 34.5 Å². The van der Waals surface area contributed by atoms with Crippen molar-refractivity contribution in [3.8, 4) is 11.3 Å². The molecule has 2 aliphatic rings. The number of carbonyl (C=O) groups is 3. The van der Waals surface area contributed by atoms with E-state index in [1.165, 1.54) is 22.7 Å². The number of alkyl halides is 2. The van der Waals surface area contributed by atoms with Crippen molar-refractivity contribution in [2.24, 2.45) is 5.41 Å². The summed E-state index contributed by atoms with van der Waals surface area (Å²) < 4.78 is 28.3. The quantitative estimate of drug-likeness (QED) is 0.197. The minimum absolute atomic E-state index is 0.175. The predicted octanol–water partition coefficient (Wildman–Crippen LogP) is 4.91. The lowest BCUT2D eigenvalue weighted by molar-refractivity contribution is -0.138. The van der Waals surface area contributed by atoms with E-state index in [0.29, 0.717) is 44.8 Å². The Morgan fingerprint density at radius 1 is 1.11 bits per heavy atom. The molecule has 0 aromatic carbocycles. The third-order valence-corrected chi connectivity index (χ3v) is 8.95. The largest absolute Gasteiger partial charge is 0.325 e. The van der Waals surface area contributed by atoms with E-state index in [-0.39, 0.29) is 43.3 Å². The van der Waals surface area contributed by atoms with Crippen LogP contribution in [-0.2, 0) is 16.1 Å². The van der Waals surface area contributed by atoms with Gasteiger partial charge in [0.2, 0.25) is 18.2 Å². The summed E-state index contributed by atoms with van der Waals surface area (Å²) in [6, 6.07) is 4.04. The van der Waals surface area contributed by atoms with E-state index in [1.807, 2.05) is 0 Å². The third kappa shape index (κ3) is 5.58. The second kappa shape index (κ2) is 11.4. The Bertz CT molecular complexity index is 1800. The topological polar surface area (TPSA) is 136 Å². The molecule has 228 valence electrons. The zero-order valence-electron chi connectivity index (χ0n) is 24.2. The molecule has 4 aromatic rings. The standard InChI is InChI=1S/C30H29BrF2N8O3/c1-15-4-5-24(31)37-28(15)38-29(44)21-9-30(7-6-25(32)33)10-23(30)41(21)26(43)14-40-22-13-36-20(18-11-34-17(3)35-12-18)8-19(22)27(39-40)16(2)42/h4-5,8,11-13,21,23,25H,6-7,9-10,14H2,1-3H3,(H,37,38,44)/t21-,23+,30-/m0/s1. The highest BCUT2D eigenvalue weighted by atomic mass is 79.9. The van der Waals surface area contributed by atoms with E-state index >= 15 is 0 Å². The number of hydrogen-bond donors (Lipinski definition) is 1. The molecule has 4 aromatic heterocycles. The van der Waals surface area contributed by atoms with Crippen molar-refractivity contribution in [3.05, 3.63) is 58.5 Å². The van der Waals surface area contributed by atoms with Gasteiger partial charge in [-0.05, 0) is 72.2 Å². The van der Waals surface area contributed by atoms with Gasteiger partial charge in [0.15, 0.2) is 5.78 Å². The van der Waals surface area contributed by atoms with Crippen LogP contribution in [0.1, 0.15) is 54.5 Å². The maximum absolute atomic E-state index is 14.0. The summed E-state index contributed by atoms with van der Waals surface area (Å²) in [5.41, 5.74) is 2.03. The summed E-state index contributed by atoms with van der Waals surface area (Å²) in [5.74, 6) is -0.166. The van der Waals surface area contributed by atoms with Crippen molar-refractivity contribution >= 4 is 50.2 Å². The Morgan fingerprint density at radius 2 is 1.86 bits per heavy atom. The van der Waals surface area contributed by atoms with Gasteiger partial charge in [-0.2, -0.15) is 5.10 Å². The van der Waals surface area contributed by atoms with Gasteiger partial charge in [-0.15, -0.1) is 0 Å². The SMILES string of the molecule is CC(=O)c1nn(CC(=O)N2[C@H](C(=O)Nc3nc(Br)ccc3C)C[C@@]3(CCC(F)F)C[C@@H]23)c2cnc(-c3cnc(C)nc3)cc12. The maximum atomic E-state index is 14.0. The smallest absolute Gasteiger partial charge is 0.248 e. The molecule has 44 heavy (non-hydrogen) atoms. The first kappa shape index (κ1) is 29.9. The zero-order valence-corrected chi connectivity index (χ0v) is 25.8. The van der Waals surface area contributed by atoms with Crippen LogP contribution in [0.25, 0.3) is 22.2 Å². The molecule has 1 saturated heterocycles. The fourth-order valence-electron chi connectivity index (χ4n) is 6.15. The van der Waals surface area contributed by atoms with E-state index in [2.05, 4.69) is 46.3 Å². The normalized spacial score (nSPS) is 20.7. The molecule has 0 spiro atoms. The van der Waals surface area contributed by atoms with Crippen LogP contribution in [0.15, 0.2) is 41.4 Å². The van der Waals surface area contributed by atoms with Crippen LogP contribution in [-0.4, -0.2) is 70.7 Å². The number of Topliss-reactive ketones (excluding diaryl/α,β-unsaturated/α-hetero) is 1. The van der Waals surface area contributed by atoms with Crippen molar-refractivity contribution < 1.29 is 23.2 Å². The van der Waals surface area contributed by atoms with Crippen LogP contribution in [0, 0.1) is 19.3 Å². The molecular formula is C30H29BrF2N8O3. The van der Waals surface area contributed by atoms with Gasteiger partial charge in [-0.1, -0.05) is 6.07 Å². The van der Waals surface area contributed by atoms with Crippen molar-refractivity contribution in [2.75, 3.05) is 5.32 Å². The summed E-state index contributed by atoms with van der Waals surface area (Å²) in [5, 5.41) is 7.80. The summed E-state index contributed by atoms with van der Waals surface area (Å²) in [6.45, 7) is 4.70. The zero-order chi connectivity index (χ0) is 31.3. The minimum atomic E-state index is -2.47. The van der Waals surface area contributed by atoms with E-state index < -0.39 is 29.7 Å². The Hall–Kier alpha value is -4.20. The molecule has 11 nitrogen and oxygen atoms in total. The van der Waals surface area contributed by atoms with Crippen molar-refractivity contribution in [3.63, 3.8) is 0 Å². The summed E-state index contributed by atoms with van der Waals surface area (Å²) in [4.78, 5) is 58.9. The lowest BCUT2D eigenvalue weighted by atomic mass is 9.94. The third-order valence-electron chi connectivity index (χ3n) is 8.51. The molecule has 14 heteroatoms. The van der Waals surface area contributed by atoms with Crippen LogP contribution in [0.4, 0.5) is 14.6 Å². The van der Waals surface area contributed by atoms with E-state index in [9.17, 15) is 23.2 Å². The molecule has 2 fully saturated rings. The monoisotopic (exact) mass is 666 g/mol. The molecule has 0 radical (unpaired) electrons. The van der Waals surface area contributed by atoms with Gasteiger partial charge >= 0.3 is 0 Å². The van der Waals surface area contributed by atoms with Crippen LogP contribution >= 0.6 is 15.9 Å². The number of rotatable bonds is 9. The summed E-state index contributed by atoms with van der Waals surface area (Å²) in [6.07, 6.45) is 3.08. The predicted molar refractivity (Wildman–Crippen MR) is 160 cm³/mol. The molecule has 0 bridgehead atoms. The van der Waals surface area contributed by atoms with E-state index in [4.69, 9.17) is 0 Å². The lowest BCUT2D eigenvalue weighted by Crippen LogP contribution is -2.47. The van der Waals surface area contributed by atoms with Crippen LogP contribution in [0.5, 0.6) is 0 Å². The summed E-state index contributed by atoms with van der Waals surface area (Å²) >= 11 is 3.31. The molecule has 1 N–H and O–H groups in total. The van der Waals surface area contributed by atoms with E-state index in [0.717, 1.165) is 5.56 Å². The molecule has 1 aliphatic heterocycles. The number of aromatic nitrogens is 6. The Balaban J connectivity index is 1.30. The van der Waals surface area contributed by atoms with Crippen LogP contribution in [0.3, 0.4) is 0 Å². The minimum Gasteiger partial charge on any atom is -0.325 e. The number of amides is 2. The molecule has 2 amide bonds. The number of anilines is 1. The number of aryl methyl sites for hydroxylation is 2. The fourth-order valence-corrected chi connectivity index (χ4v) is 6.46. The average Bonchev–Trinajstić information content (AvgIpc) is 3.40. The number of halogens is 3. The highest BCUT2D eigenvalue weighted by molar-refractivity contribution is 9.10. The highest BCUT2D eigenvalue weighted by Gasteiger charge is 2.66. The molecule has 0 unspecified atom stereocenters. The first-order chi connectivity index (χ1) is 21.0. The second-order valence-corrected chi connectivity index (χ2v) is 12.3. The molecule has 1 saturated carbocycles. The first-order valence-electron chi connectivity index (χ1n) is 14.2. The van der Waals surface area contributed by atoms with Gasteiger partial charge < -0.3 is 10.2 Å². The Kier molecular flexibility index (Phi) is 7.72. The number of piperidine rings is 1. The van der Waals surface area contributed by atoms with Gasteiger partial charge in [-0.25, -0.2) is 23.7 Å². The van der Waals surface area contributed by atoms with Gasteiger partial charge in [0.25, 0.3) is 0 Å². The number of hydrogen-bond acceptors (Lipinski definition) is 8. The average molecular weight is 668 g/mol. The molecule has 5 heterocycles. The first-order valence-corrected chi connectivity index (χ1v) is 14.9.